The quantitative estimate of drug-likeness (QED) is 0.511. The Kier molecular flexibility index (Phi) is 20.5. The van der Waals surface area contributed by atoms with Crippen LogP contribution in [-0.2, 0) is 0 Å². The minimum atomic E-state index is 0. The molecule has 0 aliphatic rings. The van der Waals surface area contributed by atoms with Gasteiger partial charge in [-0.2, -0.15) is 0 Å². The average Bonchev–Trinajstić information content (AvgIpc) is 2.76. The molecule has 0 bridgehead atoms. The van der Waals surface area contributed by atoms with Crippen molar-refractivity contribution >= 4 is 10.9 Å². The van der Waals surface area contributed by atoms with Crippen LogP contribution in [0.3, 0.4) is 0 Å². The first kappa shape index (κ1) is 22.0. The van der Waals surface area contributed by atoms with E-state index >= 15 is 0 Å². The molecule has 0 spiro atoms. The van der Waals surface area contributed by atoms with Crippen molar-refractivity contribution in [2.45, 2.75) is 48.5 Å². The van der Waals surface area contributed by atoms with Crippen molar-refractivity contribution in [1.82, 2.24) is 4.98 Å². The van der Waals surface area contributed by atoms with Crippen molar-refractivity contribution in [3.8, 4) is 0 Å². The van der Waals surface area contributed by atoms with E-state index in [0.29, 0.717) is 0 Å². The van der Waals surface area contributed by atoms with Crippen LogP contribution < -0.4 is 0 Å². The van der Waals surface area contributed by atoms with E-state index in [0.717, 1.165) is 0 Å². The maximum absolute atomic E-state index is 3.26. The molecule has 0 radical (unpaired) electrons. The molecule has 98 valence electrons. The molecule has 1 heterocycles. The summed E-state index contributed by atoms with van der Waals surface area (Å²) >= 11 is 0. The Labute approximate surface area is 132 Å². The molecule has 2 aromatic rings. The molecule has 0 unspecified atom stereocenters. The third kappa shape index (κ3) is 8.52. The van der Waals surface area contributed by atoms with Crippen LogP contribution in [0.2, 0.25) is 0 Å². The summed E-state index contributed by atoms with van der Waals surface area (Å²) in [5, 5.41) is 1.29. The van der Waals surface area contributed by atoms with E-state index in [1.165, 1.54) is 16.6 Å². The number of fused-ring (bicyclic) bond motifs is 1. The van der Waals surface area contributed by atoms with Crippen LogP contribution in [0.15, 0.2) is 30.3 Å². The Bertz CT molecular complexity index is 325. The van der Waals surface area contributed by atoms with E-state index in [2.05, 4.69) is 36.2 Å². The zero-order valence-electron chi connectivity index (χ0n) is 12.4. The number of benzene rings is 1. The maximum Gasteiger partial charge on any atom is 0.0455 e. The molecule has 0 fully saturated rings. The molecule has 0 aliphatic carbocycles. The number of aromatic nitrogens is 1. The van der Waals surface area contributed by atoms with Crippen molar-refractivity contribution in [2.24, 2.45) is 0 Å². The number of H-pyrrole nitrogens is 1. The van der Waals surface area contributed by atoms with Gasteiger partial charge in [-0.05, 0) is 24.4 Å². The molecular weight excluding hydrogens is 432 g/mol. The van der Waals surface area contributed by atoms with Gasteiger partial charge in [0.25, 0.3) is 0 Å². The molecule has 1 nitrogen and oxygen atoms in total. The van der Waals surface area contributed by atoms with Crippen LogP contribution in [-0.4, -0.2) is 4.98 Å². The fourth-order valence-corrected chi connectivity index (χ4v) is 1.22. The molecule has 0 saturated heterocycles. The van der Waals surface area contributed by atoms with Crippen molar-refractivity contribution < 1.29 is 32.5 Å². The molecule has 2 heteroatoms. The van der Waals surface area contributed by atoms with E-state index in [-0.39, 0.29) is 32.5 Å². The zero-order valence-corrected chi connectivity index (χ0v) is 16.6. The van der Waals surface area contributed by atoms with Crippen LogP contribution in [0.4, 0.5) is 0 Å². The number of hydrogen-bond acceptors (Lipinski definition) is 0. The standard InChI is InChI=1S/C9H9N.3C2H6.U.H2/c1-7-6-8-4-2-3-5-9(8)10-7;3*1-2;;/h2-6,10H,1H3;3*1-2H3;;1H. The molecule has 1 N–H and O–H groups in total. The van der Waals surface area contributed by atoms with Crippen molar-refractivity contribution in [1.29, 1.82) is 0 Å². The first-order chi connectivity index (χ1) is 7.86. The topological polar surface area (TPSA) is 15.8 Å². The Hall–Kier alpha value is -0.188. The van der Waals surface area contributed by atoms with E-state index in [4.69, 9.17) is 0 Å². The smallest absolute Gasteiger partial charge is 0.0455 e. The van der Waals surface area contributed by atoms with Crippen molar-refractivity contribution in [3.63, 3.8) is 0 Å². The summed E-state index contributed by atoms with van der Waals surface area (Å²) in [5.74, 6) is 0. The third-order valence-electron chi connectivity index (χ3n) is 1.66. The van der Waals surface area contributed by atoms with Crippen LogP contribution >= 0.6 is 0 Å². The number of rotatable bonds is 0. The molecule has 2 rings (SSSR count). The Balaban J connectivity index is -0.000000109. The van der Waals surface area contributed by atoms with Gasteiger partial charge in [0.15, 0.2) is 0 Å². The fourth-order valence-electron chi connectivity index (χ4n) is 1.22. The summed E-state index contributed by atoms with van der Waals surface area (Å²) in [6.45, 7) is 14.1. The van der Waals surface area contributed by atoms with E-state index in [1.54, 1.807) is 0 Å². The number of hydrogen-bond donors (Lipinski definition) is 1. The second-order valence-electron chi connectivity index (χ2n) is 2.54. The minimum Gasteiger partial charge on any atom is -0.359 e. The van der Waals surface area contributed by atoms with Gasteiger partial charge >= 0.3 is 0 Å². The second-order valence-corrected chi connectivity index (χ2v) is 2.54. The van der Waals surface area contributed by atoms with Crippen molar-refractivity contribution in [3.05, 3.63) is 36.0 Å². The normalized spacial score (nSPS) is 7.24. The number of nitrogens with one attached hydrogen (secondary N) is 1. The summed E-state index contributed by atoms with van der Waals surface area (Å²) in [6.07, 6.45) is 0. The van der Waals surface area contributed by atoms with Crippen LogP contribution in [0, 0.1) is 38.0 Å². The largest absolute Gasteiger partial charge is 0.359 e. The Morgan fingerprint density at radius 2 is 1.35 bits per heavy atom. The van der Waals surface area contributed by atoms with E-state index < -0.39 is 0 Å². The number of aryl methyl sites for hydroxylation is 1. The van der Waals surface area contributed by atoms with Gasteiger partial charge in [-0.3, -0.25) is 0 Å². The molecule has 0 saturated carbocycles. The van der Waals surface area contributed by atoms with Crippen LogP contribution in [0.5, 0.6) is 0 Å². The summed E-state index contributed by atoms with van der Waals surface area (Å²) in [7, 11) is 0. The maximum atomic E-state index is 3.26. The summed E-state index contributed by atoms with van der Waals surface area (Å²) < 4.78 is 0. The summed E-state index contributed by atoms with van der Waals surface area (Å²) in [4.78, 5) is 3.26. The van der Waals surface area contributed by atoms with Crippen LogP contribution in [0.25, 0.3) is 10.9 Å². The van der Waals surface area contributed by atoms with Gasteiger partial charge in [0.1, 0.15) is 0 Å². The van der Waals surface area contributed by atoms with Crippen LogP contribution in [0.1, 0.15) is 48.7 Å². The van der Waals surface area contributed by atoms with E-state index in [1.807, 2.05) is 47.6 Å². The van der Waals surface area contributed by atoms with Gasteiger partial charge < -0.3 is 4.98 Å². The number of aromatic amines is 1. The van der Waals surface area contributed by atoms with Gasteiger partial charge in [0, 0.05) is 43.8 Å². The zero-order chi connectivity index (χ0) is 13.0. The predicted molar refractivity (Wildman–Crippen MR) is 79.2 cm³/mol. The first-order valence-corrected chi connectivity index (χ1v) is 6.40. The van der Waals surface area contributed by atoms with E-state index in [9.17, 15) is 0 Å². The van der Waals surface area contributed by atoms with Gasteiger partial charge in [0.2, 0.25) is 0 Å². The molecule has 1 aromatic heterocycles. The monoisotopic (exact) mass is 461 g/mol. The molecule has 17 heavy (non-hydrogen) atoms. The molecule has 1 aromatic carbocycles. The third-order valence-corrected chi connectivity index (χ3v) is 1.66. The number of para-hydroxylation sites is 1. The van der Waals surface area contributed by atoms with Gasteiger partial charge in [-0.1, -0.05) is 59.7 Å². The first-order valence-electron chi connectivity index (χ1n) is 6.40. The Morgan fingerprint density at radius 3 is 1.82 bits per heavy atom. The summed E-state index contributed by atoms with van der Waals surface area (Å²) in [5.41, 5.74) is 2.45. The second kappa shape index (κ2) is 15.8. The van der Waals surface area contributed by atoms with Crippen molar-refractivity contribution in [2.75, 3.05) is 0 Å². The van der Waals surface area contributed by atoms with Gasteiger partial charge in [-0.15, -0.1) is 0 Å². The van der Waals surface area contributed by atoms with Gasteiger partial charge in [0.05, 0.1) is 0 Å². The average molecular weight is 461 g/mol. The van der Waals surface area contributed by atoms with Gasteiger partial charge in [-0.25, -0.2) is 0 Å². The minimum absolute atomic E-state index is 0. The fraction of sp³-hybridized carbons (Fsp3) is 0.467. The summed E-state index contributed by atoms with van der Waals surface area (Å²) in [6, 6.07) is 10.4. The predicted octanol–water partition coefficient (Wildman–Crippen LogP) is 5.80. The Morgan fingerprint density at radius 1 is 0.882 bits per heavy atom. The SMILES string of the molecule is CC.CC.CC.Cc1cc2ccccc2[nH]1.[HH].[U]. The molecule has 0 aliphatic heterocycles. The molecule has 0 atom stereocenters. The molecule has 0 amide bonds. The molecular formula is C15H29NU.